The van der Waals surface area contributed by atoms with Crippen LogP contribution in [0.2, 0.25) is 0 Å². The van der Waals surface area contributed by atoms with Gasteiger partial charge < -0.3 is 6.92 Å². The first-order valence-electron chi connectivity index (χ1n) is 6.08. The van der Waals surface area contributed by atoms with Crippen molar-refractivity contribution in [3.8, 4) is 0 Å². The normalized spacial score (nSPS) is 10.1. The van der Waals surface area contributed by atoms with Crippen molar-refractivity contribution in [3.63, 3.8) is 0 Å². The molecular formula is C16H18NiP-. The summed E-state index contributed by atoms with van der Waals surface area (Å²) in [5.41, 5.74) is 0. The zero-order chi connectivity index (χ0) is 11.9. The molecule has 0 spiro atoms. The first kappa shape index (κ1) is 15.4. The van der Waals surface area contributed by atoms with Gasteiger partial charge in [0.05, 0.1) is 0 Å². The van der Waals surface area contributed by atoms with Crippen LogP contribution in [0, 0.1) is 6.92 Å². The molecule has 2 rings (SSSR count). The Kier molecular flexibility index (Phi) is 7.25. The predicted octanol–water partition coefficient (Wildman–Crippen LogP) is 3.73. The minimum atomic E-state index is -0.197. The first-order chi connectivity index (χ1) is 8.42. The third-order valence-corrected chi connectivity index (χ3v) is 5.37. The fourth-order valence-corrected chi connectivity index (χ4v) is 4.31. The molecule has 98 valence electrons. The molecule has 2 aromatic carbocycles. The maximum atomic E-state index is 3.96. The van der Waals surface area contributed by atoms with Crippen LogP contribution in [0.25, 0.3) is 0 Å². The van der Waals surface area contributed by atoms with Crippen molar-refractivity contribution in [2.75, 3.05) is 6.16 Å². The number of unbranched alkanes of at least 4 members (excludes halogenated alkanes) is 1. The average molecular weight is 300 g/mol. The van der Waals surface area contributed by atoms with Crippen LogP contribution >= 0.6 is 7.92 Å². The largest absolute Gasteiger partial charge is 0.343 e. The molecule has 0 aliphatic carbocycles. The van der Waals surface area contributed by atoms with Crippen molar-refractivity contribution >= 4 is 18.5 Å². The van der Waals surface area contributed by atoms with Crippen molar-refractivity contribution in [1.29, 1.82) is 0 Å². The zero-order valence-electron chi connectivity index (χ0n) is 10.4. The minimum Gasteiger partial charge on any atom is -0.343 e. The summed E-state index contributed by atoms with van der Waals surface area (Å²) in [7, 11) is -0.197. The monoisotopic (exact) mass is 299 g/mol. The van der Waals surface area contributed by atoms with Crippen molar-refractivity contribution in [2.45, 2.75) is 12.8 Å². The van der Waals surface area contributed by atoms with Gasteiger partial charge in [-0.1, -0.05) is 67.1 Å². The molecule has 0 aliphatic rings. The molecule has 0 aliphatic heterocycles. The molecule has 0 saturated carbocycles. The third kappa shape index (κ3) is 4.23. The Hall–Kier alpha value is -0.636. The van der Waals surface area contributed by atoms with Crippen LogP contribution in [-0.2, 0) is 16.5 Å². The molecule has 0 bridgehead atoms. The van der Waals surface area contributed by atoms with E-state index in [2.05, 4.69) is 67.6 Å². The van der Waals surface area contributed by atoms with E-state index < -0.39 is 0 Å². The summed E-state index contributed by atoms with van der Waals surface area (Å²) in [6, 6.07) is 21.7. The van der Waals surface area contributed by atoms with Gasteiger partial charge in [0.1, 0.15) is 0 Å². The Bertz CT molecular complexity index is 388. The van der Waals surface area contributed by atoms with Gasteiger partial charge in [-0.15, -0.1) is 0 Å². The Morgan fingerprint density at radius 1 is 0.778 bits per heavy atom. The Balaban J connectivity index is 0.00000162. The number of hydrogen-bond donors (Lipinski definition) is 0. The van der Waals surface area contributed by atoms with Gasteiger partial charge >= 0.3 is 0 Å². The second-order valence-electron chi connectivity index (χ2n) is 4.03. The third-order valence-electron chi connectivity index (χ3n) is 2.77. The predicted molar refractivity (Wildman–Crippen MR) is 78.5 cm³/mol. The molecule has 18 heavy (non-hydrogen) atoms. The van der Waals surface area contributed by atoms with Gasteiger partial charge in [0.2, 0.25) is 0 Å². The van der Waals surface area contributed by atoms with Crippen LogP contribution < -0.4 is 10.6 Å². The standard InChI is InChI=1S/C16H18P.Ni/c1-2-3-14-17(15-10-6-4-7-11-15)16-12-8-5-9-13-16;/h4-13H,1-3,14H2;/q-1;. The first-order valence-corrected chi connectivity index (χ1v) is 7.61. The van der Waals surface area contributed by atoms with E-state index in [4.69, 9.17) is 0 Å². The zero-order valence-corrected chi connectivity index (χ0v) is 12.2. The van der Waals surface area contributed by atoms with E-state index in [0.717, 1.165) is 6.42 Å². The van der Waals surface area contributed by atoms with Crippen LogP contribution in [0.15, 0.2) is 60.7 Å². The molecule has 0 N–H and O–H groups in total. The molecule has 0 nitrogen and oxygen atoms in total. The van der Waals surface area contributed by atoms with Gasteiger partial charge in [-0.3, -0.25) is 0 Å². The van der Waals surface area contributed by atoms with E-state index in [1.807, 2.05) is 0 Å². The van der Waals surface area contributed by atoms with Crippen molar-refractivity contribution in [2.24, 2.45) is 0 Å². The van der Waals surface area contributed by atoms with Gasteiger partial charge in [-0.25, -0.2) is 0 Å². The van der Waals surface area contributed by atoms with Crippen molar-refractivity contribution < 1.29 is 16.5 Å². The molecule has 0 unspecified atom stereocenters. The summed E-state index contributed by atoms with van der Waals surface area (Å²) in [6.07, 6.45) is 3.47. The van der Waals surface area contributed by atoms with Crippen LogP contribution in [0.3, 0.4) is 0 Å². The van der Waals surface area contributed by atoms with Gasteiger partial charge in [0.25, 0.3) is 0 Å². The molecule has 0 radical (unpaired) electrons. The fourth-order valence-electron chi connectivity index (χ4n) is 1.89. The Morgan fingerprint density at radius 2 is 1.22 bits per heavy atom. The summed E-state index contributed by atoms with van der Waals surface area (Å²) in [5.74, 6) is 0. The van der Waals surface area contributed by atoms with Crippen molar-refractivity contribution in [1.82, 2.24) is 0 Å². The van der Waals surface area contributed by atoms with Crippen molar-refractivity contribution in [3.05, 3.63) is 67.6 Å². The topological polar surface area (TPSA) is 0 Å². The quantitative estimate of drug-likeness (QED) is 0.448. The summed E-state index contributed by atoms with van der Waals surface area (Å²) in [5, 5.41) is 2.95. The summed E-state index contributed by atoms with van der Waals surface area (Å²) >= 11 is 0. The maximum absolute atomic E-state index is 3.96. The Labute approximate surface area is 121 Å². The number of rotatable bonds is 5. The van der Waals surface area contributed by atoms with E-state index in [1.54, 1.807) is 0 Å². The van der Waals surface area contributed by atoms with E-state index in [1.165, 1.54) is 23.2 Å². The van der Waals surface area contributed by atoms with Gasteiger partial charge in [0.15, 0.2) is 0 Å². The summed E-state index contributed by atoms with van der Waals surface area (Å²) in [4.78, 5) is 0. The smallest absolute Gasteiger partial charge is 0 e. The van der Waals surface area contributed by atoms with Crippen LogP contribution in [0.1, 0.15) is 12.8 Å². The van der Waals surface area contributed by atoms with Crippen LogP contribution in [-0.4, -0.2) is 6.16 Å². The Morgan fingerprint density at radius 3 is 1.61 bits per heavy atom. The van der Waals surface area contributed by atoms with E-state index in [-0.39, 0.29) is 24.4 Å². The maximum Gasteiger partial charge on any atom is 0 e. The summed E-state index contributed by atoms with van der Waals surface area (Å²) < 4.78 is 0. The van der Waals surface area contributed by atoms with Crippen LogP contribution in [0.4, 0.5) is 0 Å². The van der Waals surface area contributed by atoms with Crippen LogP contribution in [0.5, 0.6) is 0 Å². The minimum absolute atomic E-state index is 0. The number of benzene rings is 2. The molecule has 0 saturated heterocycles. The molecule has 0 aromatic heterocycles. The molecule has 0 atom stereocenters. The molecule has 0 fully saturated rings. The van der Waals surface area contributed by atoms with E-state index in [0.29, 0.717) is 0 Å². The van der Waals surface area contributed by atoms with Gasteiger partial charge in [-0.2, -0.15) is 6.42 Å². The SMILES string of the molecule is [CH2-]CCCP(c1ccccc1)c1ccccc1.[Ni]. The van der Waals surface area contributed by atoms with E-state index >= 15 is 0 Å². The molecule has 0 heterocycles. The molecular weight excluding hydrogens is 282 g/mol. The number of hydrogen-bond acceptors (Lipinski definition) is 0. The van der Waals surface area contributed by atoms with E-state index in [9.17, 15) is 0 Å². The molecule has 2 heteroatoms. The molecule has 0 amide bonds. The van der Waals surface area contributed by atoms with Gasteiger partial charge in [-0.05, 0) is 24.7 Å². The second-order valence-corrected chi connectivity index (χ2v) is 6.37. The molecule has 2 aromatic rings. The average Bonchev–Trinajstić information content (AvgIpc) is 2.42. The fraction of sp³-hybridized carbons (Fsp3) is 0.188. The summed E-state index contributed by atoms with van der Waals surface area (Å²) in [6.45, 7) is 3.96. The second kappa shape index (κ2) is 8.46. The van der Waals surface area contributed by atoms with Gasteiger partial charge in [0, 0.05) is 16.5 Å².